The number of aromatic amines is 1. The second-order valence-electron chi connectivity index (χ2n) is 4.92. The Morgan fingerprint density at radius 2 is 2.15 bits per heavy atom. The fourth-order valence-corrected chi connectivity index (χ4v) is 2.32. The maximum absolute atomic E-state index is 10.0. The Hall–Kier alpha value is -1.74. The molecular weight excluding hydrogens is 262 g/mol. The number of hydrogen-bond donors (Lipinski definition) is 5. The summed E-state index contributed by atoms with van der Waals surface area (Å²) >= 11 is 0. The number of ether oxygens (including phenoxy) is 1. The fraction of sp³-hybridized carbons (Fsp3) is 0.500. The summed E-state index contributed by atoms with van der Waals surface area (Å²) in [5.41, 5.74) is 7.20. The van der Waals surface area contributed by atoms with Gasteiger partial charge in [-0.15, -0.1) is 0 Å². The zero-order valence-electron chi connectivity index (χ0n) is 10.9. The summed E-state index contributed by atoms with van der Waals surface area (Å²) in [6.45, 7) is 1.75. The lowest BCUT2D eigenvalue weighted by Crippen LogP contribution is -2.62. The number of H-pyrrole nitrogens is 1. The van der Waals surface area contributed by atoms with E-state index in [4.69, 9.17) is 10.5 Å². The van der Waals surface area contributed by atoms with Crippen molar-refractivity contribution in [2.45, 2.75) is 37.5 Å². The predicted molar refractivity (Wildman–Crippen MR) is 71.8 cm³/mol. The lowest BCUT2D eigenvalue weighted by molar-refractivity contribution is -0.163. The number of nitrogens with two attached hydrogens (primary N) is 1. The Balaban J connectivity index is 1.85. The van der Waals surface area contributed by atoms with Crippen LogP contribution in [0.5, 0.6) is 0 Å². The van der Waals surface area contributed by atoms with Crippen LogP contribution < -0.4 is 11.1 Å². The minimum absolute atomic E-state index is 0.383. The van der Waals surface area contributed by atoms with Crippen LogP contribution in [-0.4, -0.2) is 55.7 Å². The van der Waals surface area contributed by atoms with Crippen LogP contribution >= 0.6 is 0 Å². The molecule has 0 unspecified atom stereocenters. The molecule has 20 heavy (non-hydrogen) atoms. The van der Waals surface area contributed by atoms with E-state index < -0.39 is 24.5 Å². The molecule has 6 N–H and O–H groups in total. The van der Waals surface area contributed by atoms with Crippen molar-refractivity contribution in [3.05, 3.63) is 18.6 Å². The topological polar surface area (TPSA) is 129 Å². The Morgan fingerprint density at radius 1 is 1.35 bits per heavy atom. The van der Waals surface area contributed by atoms with Gasteiger partial charge in [-0.25, -0.2) is 9.97 Å². The summed E-state index contributed by atoms with van der Waals surface area (Å²) in [7, 11) is 0. The van der Waals surface area contributed by atoms with Gasteiger partial charge in [-0.3, -0.25) is 0 Å². The van der Waals surface area contributed by atoms with Crippen LogP contribution in [0, 0.1) is 0 Å². The molecule has 0 bridgehead atoms. The molecule has 1 aliphatic heterocycles. The molecule has 0 amide bonds. The summed E-state index contributed by atoms with van der Waals surface area (Å²) in [6.07, 6.45) is -0.207. The summed E-state index contributed by atoms with van der Waals surface area (Å²) < 4.78 is 5.59. The van der Waals surface area contributed by atoms with Gasteiger partial charge in [0.2, 0.25) is 0 Å². The first kappa shape index (κ1) is 13.3. The van der Waals surface area contributed by atoms with E-state index in [-0.39, 0.29) is 6.10 Å². The van der Waals surface area contributed by atoms with Crippen molar-refractivity contribution in [1.82, 2.24) is 15.0 Å². The first-order valence-electron chi connectivity index (χ1n) is 6.39. The molecule has 0 saturated carbocycles. The Morgan fingerprint density at radius 3 is 2.95 bits per heavy atom. The van der Waals surface area contributed by atoms with Crippen LogP contribution in [0.2, 0.25) is 0 Å². The Bertz CT molecular complexity index is 604. The van der Waals surface area contributed by atoms with E-state index >= 15 is 0 Å². The van der Waals surface area contributed by atoms with Crippen molar-refractivity contribution in [2.24, 2.45) is 5.73 Å². The molecule has 108 valence electrons. The van der Waals surface area contributed by atoms with Gasteiger partial charge >= 0.3 is 0 Å². The molecule has 3 heterocycles. The van der Waals surface area contributed by atoms with Gasteiger partial charge in [0.15, 0.2) is 12.0 Å². The summed E-state index contributed by atoms with van der Waals surface area (Å²) in [4.78, 5) is 11.2. The third-order valence-corrected chi connectivity index (χ3v) is 3.58. The van der Waals surface area contributed by atoms with Crippen molar-refractivity contribution in [2.75, 3.05) is 5.32 Å². The third-order valence-electron chi connectivity index (χ3n) is 3.58. The number of fused-ring (bicyclic) bond motifs is 1. The molecule has 2 aromatic rings. The molecule has 0 aliphatic carbocycles. The maximum Gasteiger partial charge on any atom is 0.158 e. The Labute approximate surface area is 115 Å². The minimum atomic E-state index is -1.14. The van der Waals surface area contributed by atoms with Crippen molar-refractivity contribution in [1.29, 1.82) is 0 Å². The van der Waals surface area contributed by atoms with E-state index in [1.165, 1.54) is 6.33 Å². The molecule has 8 nitrogen and oxygen atoms in total. The highest BCUT2D eigenvalue weighted by Gasteiger charge is 2.41. The van der Waals surface area contributed by atoms with Gasteiger partial charge in [-0.2, -0.15) is 0 Å². The highest BCUT2D eigenvalue weighted by molar-refractivity contribution is 5.85. The molecule has 2 aromatic heterocycles. The molecule has 5 atom stereocenters. The van der Waals surface area contributed by atoms with Gasteiger partial charge in [0.05, 0.1) is 17.7 Å². The molecule has 3 rings (SSSR count). The Kier molecular flexibility index (Phi) is 3.30. The summed E-state index contributed by atoms with van der Waals surface area (Å²) in [6, 6.07) is 1.19. The second kappa shape index (κ2) is 4.98. The van der Waals surface area contributed by atoms with Crippen molar-refractivity contribution in [3.8, 4) is 0 Å². The number of aromatic nitrogens is 3. The van der Waals surface area contributed by atoms with Gasteiger partial charge in [0.1, 0.15) is 24.1 Å². The minimum Gasteiger partial charge on any atom is -0.389 e. The van der Waals surface area contributed by atoms with Crippen LogP contribution in [0.25, 0.3) is 11.0 Å². The van der Waals surface area contributed by atoms with E-state index in [1.54, 1.807) is 13.1 Å². The first-order valence-corrected chi connectivity index (χ1v) is 6.39. The van der Waals surface area contributed by atoms with Gasteiger partial charge in [0.25, 0.3) is 0 Å². The van der Waals surface area contributed by atoms with Gasteiger partial charge in [-0.05, 0) is 13.0 Å². The van der Waals surface area contributed by atoms with Gasteiger partial charge < -0.3 is 31.0 Å². The van der Waals surface area contributed by atoms with Crippen LogP contribution in [0.1, 0.15) is 6.92 Å². The average Bonchev–Trinajstić information content (AvgIpc) is 2.92. The van der Waals surface area contributed by atoms with Crippen LogP contribution in [0.15, 0.2) is 18.6 Å². The smallest absolute Gasteiger partial charge is 0.158 e. The SMILES string of the molecule is C[C@@H]1O[C@H](Nc2ncnc3cc[nH]c23)[C@H](O)[C@H](O)[C@H]1N. The molecule has 1 aliphatic rings. The van der Waals surface area contributed by atoms with E-state index in [0.29, 0.717) is 11.3 Å². The lowest BCUT2D eigenvalue weighted by atomic mass is 9.97. The normalized spacial score (nSPS) is 34.3. The van der Waals surface area contributed by atoms with Crippen molar-refractivity contribution in [3.63, 3.8) is 0 Å². The summed E-state index contributed by atoms with van der Waals surface area (Å²) in [5, 5.41) is 22.9. The quantitative estimate of drug-likeness (QED) is 0.485. The number of aliphatic hydroxyl groups is 2. The highest BCUT2D eigenvalue weighted by Crippen LogP contribution is 2.23. The number of anilines is 1. The molecule has 8 heteroatoms. The average molecular weight is 279 g/mol. The number of nitrogens with one attached hydrogen (secondary N) is 2. The second-order valence-corrected chi connectivity index (χ2v) is 4.92. The zero-order valence-corrected chi connectivity index (χ0v) is 10.9. The lowest BCUT2D eigenvalue weighted by Gasteiger charge is -2.40. The molecule has 0 spiro atoms. The number of nitrogens with zero attached hydrogens (tertiary/aromatic N) is 2. The standard InChI is InChI=1S/C12H17N5O3/c1-5-7(13)9(18)10(19)12(20-5)17-11-8-6(2-3-14-8)15-4-16-11/h2-5,7,9-10,12,14,18-19H,13H2,1H3,(H,15,16,17)/t5-,7-,9+,10+,12-/m0/s1. The van der Waals surface area contributed by atoms with E-state index in [1.807, 2.05) is 6.07 Å². The molecule has 1 fully saturated rings. The van der Waals surface area contributed by atoms with E-state index in [9.17, 15) is 10.2 Å². The predicted octanol–water partition coefficient (Wildman–Crippen LogP) is -0.836. The monoisotopic (exact) mass is 279 g/mol. The van der Waals surface area contributed by atoms with Crippen LogP contribution in [0.4, 0.5) is 5.82 Å². The molecular formula is C12H17N5O3. The van der Waals surface area contributed by atoms with Crippen LogP contribution in [-0.2, 0) is 4.74 Å². The summed E-state index contributed by atoms with van der Waals surface area (Å²) in [5.74, 6) is 0.499. The van der Waals surface area contributed by atoms with E-state index in [0.717, 1.165) is 5.52 Å². The van der Waals surface area contributed by atoms with Gasteiger partial charge in [-0.1, -0.05) is 0 Å². The van der Waals surface area contributed by atoms with Crippen molar-refractivity contribution < 1.29 is 14.9 Å². The van der Waals surface area contributed by atoms with Gasteiger partial charge in [0, 0.05) is 6.20 Å². The maximum atomic E-state index is 10.0. The van der Waals surface area contributed by atoms with Crippen LogP contribution in [0.3, 0.4) is 0 Å². The van der Waals surface area contributed by atoms with Crippen molar-refractivity contribution >= 4 is 16.9 Å². The third kappa shape index (κ3) is 2.12. The number of aliphatic hydroxyl groups excluding tert-OH is 2. The number of rotatable bonds is 2. The fourth-order valence-electron chi connectivity index (χ4n) is 2.32. The highest BCUT2D eigenvalue weighted by atomic mass is 16.5. The number of hydrogen-bond acceptors (Lipinski definition) is 7. The zero-order chi connectivity index (χ0) is 14.3. The molecule has 0 aromatic carbocycles. The first-order chi connectivity index (χ1) is 9.58. The molecule has 0 radical (unpaired) electrons. The van der Waals surface area contributed by atoms with E-state index in [2.05, 4.69) is 20.3 Å². The molecule has 1 saturated heterocycles. The largest absolute Gasteiger partial charge is 0.389 e.